The second-order valence-corrected chi connectivity index (χ2v) is 14.6. The molecule has 0 radical (unpaired) electrons. The van der Waals surface area contributed by atoms with Crippen LogP contribution in [0.3, 0.4) is 0 Å². The average Bonchev–Trinajstić information content (AvgIpc) is 2.74. The van der Waals surface area contributed by atoms with Gasteiger partial charge in [0.2, 0.25) is 0 Å². The molecular weight excluding hydrogens is 468 g/mol. The van der Waals surface area contributed by atoms with Crippen molar-refractivity contribution in [2.24, 2.45) is 0 Å². The number of benzene rings is 3. The van der Waals surface area contributed by atoms with Crippen LogP contribution < -0.4 is 10.6 Å². The summed E-state index contributed by atoms with van der Waals surface area (Å²) in [5.74, 6) is 0.515. The van der Waals surface area contributed by atoms with Crippen molar-refractivity contribution in [3.63, 3.8) is 0 Å². The first-order valence-electron chi connectivity index (χ1n) is 13.6. The van der Waals surface area contributed by atoms with Crippen molar-refractivity contribution in [1.29, 1.82) is 0 Å². The molecule has 0 atom stereocenters. The highest BCUT2D eigenvalue weighted by Gasteiger charge is 2.27. The number of phenols is 2. The van der Waals surface area contributed by atoms with E-state index in [0.29, 0.717) is 11.4 Å². The van der Waals surface area contributed by atoms with Gasteiger partial charge in [-0.3, -0.25) is 0 Å². The Balaban J connectivity index is 2.14. The van der Waals surface area contributed by atoms with Gasteiger partial charge in [0.05, 0.1) is 22.7 Å². The molecule has 3 rings (SSSR count). The van der Waals surface area contributed by atoms with Crippen LogP contribution in [0.4, 0.5) is 22.7 Å². The van der Waals surface area contributed by atoms with Crippen LogP contribution in [0, 0.1) is 0 Å². The molecule has 0 aliphatic heterocycles. The van der Waals surface area contributed by atoms with Crippen LogP contribution in [-0.4, -0.2) is 10.2 Å². The number of hydrogen-bond donors (Lipinski definition) is 4. The second kappa shape index (κ2) is 9.87. The third-order valence-corrected chi connectivity index (χ3v) is 7.03. The molecule has 0 saturated heterocycles. The standard InChI is InChI=1S/C34H48N2O2/c1-31(2,3)21-17-23(33(7,8)9)29(37)27(19-21)35-25-15-13-14-16-26(25)36-28-20-22(32(4,5)6)18-24(30(28)38)34(10,11)12/h13-20,35-38H,1-12H3. The van der Waals surface area contributed by atoms with Crippen molar-refractivity contribution in [2.75, 3.05) is 10.6 Å². The number of para-hydroxylation sites is 2. The van der Waals surface area contributed by atoms with Gasteiger partial charge in [0.1, 0.15) is 11.5 Å². The SMILES string of the molecule is CC(C)(C)c1cc(Nc2ccccc2Nc2cc(C(C)(C)C)cc(C(C)(C)C)c2O)c(O)c(C(C)(C)C)c1. The van der Waals surface area contributed by atoms with E-state index >= 15 is 0 Å². The summed E-state index contributed by atoms with van der Waals surface area (Å²) in [6.45, 7) is 25.8. The lowest BCUT2D eigenvalue weighted by molar-refractivity contribution is 0.446. The van der Waals surface area contributed by atoms with Crippen molar-refractivity contribution in [1.82, 2.24) is 0 Å². The number of rotatable bonds is 4. The first kappa shape index (κ1) is 29.4. The van der Waals surface area contributed by atoms with E-state index in [1.807, 2.05) is 36.4 Å². The van der Waals surface area contributed by atoms with Crippen molar-refractivity contribution in [2.45, 2.75) is 105 Å². The highest BCUT2D eigenvalue weighted by Crippen LogP contribution is 2.44. The lowest BCUT2D eigenvalue weighted by Crippen LogP contribution is -2.17. The summed E-state index contributed by atoms with van der Waals surface area (Å²) in [7, 11) is 0. The van der Waals surface area contributed by atoms with Crippen LogP contribution in [0.2, 0.25) is 0 Å². The molecule has 0 aromatic heterocycles. The van der Waals surface area contributed by atoms with Crippen molar-refractivity contribution < 1.29 is 10.2 Å². The Bertz CT molecular complexity index is 1210. The van der Waals surface area contributed by atoms with Crippen LogP contribution in [0.5, 0.6) is 11.5 Å². The molecule has 4 N–H and O–H groups in total. The summed E-state index contributed by atoms with van der Waals surface area (Å²) in [6, 6.07) is 16.2. The van der Waals surface area contributed by atoms with E-state index in [4.69, 9.17) is 0 Å². The maximum Gasteiger partial charge on any atom is 0.142 e. The third-order valence-electron chi connectivity index (χ3n) is 7.03. The van der Waals surface area contributed by atoms with Crippen molar-refractivity contribution >= 4 is 22.7 Å². The molecule has 0 aliphatic rings. The van der Waals surface area contributed by atoms with Crippen molar-refractivity contribution in [3.05, 3.63) is 70.8 Å². The Morgan fingerprint density at radius 2 is 0.763 bits per heavy atom. The van der Waals surface area contributed by atoms with Gasteiger partial charge < -0.3 is 20.8 Å². The molecule has 4 heteroatoms. The summed E-state index contributed by atoms with van der Waals surface area (Å²) in [6.07, 6.45) is 0. The zero-order valence-electron chi connectivity index (χ0n) is 25.5. The molecule has 0 unspecified atom stereocenters. The molecule has 0 spiro atoms. The largest absolute Gasteiger partial charge is 0.505 e. The van der Waals surface area contributed by atoms with Gasteiger partial charge in [0, 0.05) is 11.1 Å². The minimum absolute atomic E-state index is 0.0789. The molecule has 3 aromatic carbocycles. The van der Waals surface area contributed by atoms with Gasteiger partial charge in [0.25, 0.3) is 0 Å². The van der Waals surface area contributed by atoms with Crippen LogP contribution in [0.25, 0.3) is 0 Å². The van der Waals surface area contributed by atoms with Gasteiger partial charge in [-0.15, -0.1) is 0 Å². The molecule has 0 saturated carbocycles. The second-order valence-electron chi connectivity index (χ2n) is 14.6. The summed E-state index contributed by atoms with van der Waals surface area (Å²) in [5.41, 5.74) is 6.47. The summed E-state index contributed by atoms with van der Waals surface area (Å²) in [4.78, 5) is 0. The van der Waals surface area contributed by atoms with E-state index in [1.165, 1.54) is 0 Å². The lowest BCUT2D eigenvalue weighted by Gasteiger charge is -2.29. The van der Waals surface area contributed by atoms with Gasteiger partial charge in [-0.05, 0) is 57.1 Å². The summed E-state index contributed by atoms with van der Waals surface area (Å²) < 4.78 is 0. The van der Waals surface area contributed by atoms with Crippen LogP contribution in [0.15, 0.2) is 48.5 Å². The van der Waals surface area contributed by atoms with E-state index in [1.54, 1.807) is 0 Å². The normalized spacial score (nSPS) is 12.9. The maximum atomic E-state index is 11.3. The van der Waals surface area contributed by atoms with Crippen LogP contribution >= 0.6 is 0 Å². The molecule has 0 fully saturated rings. The van der Waals surface area contributed by atoms with E-state index in [2.05, 4.69) is 106 Å². The van der Waals surface area contributed by atoms with Gasteiger partial charge in [-0.2, -0.15) is 0 Å². The minimum Gasteiger partial charge on any atom is -0.505 e. The number of nitrogens with one attached hydrogen (secondary N) is 2. The lowest BCUT2D eigenvalue weighted by atomic mass is 9.79. The zero-order valence-corrected chi connectivity index (χ0v) is 25.5. The van der Waals surface area contributed by atoms with E-state index in [0.717, 1.165) is 33.6 Å². The Morgan fingerprint density at radius 1 is 0.447 bits per heavy atom. The van der Waals surface area contributed by atoms with Crippen molar-refractivity contribution in [3.8, 4) is 11.5 Å². The van der Waals surface area contributed by atoms with Gasteiger partial charge >= 0.3 is 0 Å². The van der Waals surface area contributed by atoms with Gasteiger partial charge in [-0.1, -0.05) is 107 Å². The molecule has 0 aliphatic carbocycles. The number of anilines is 4. The summed E-state index contributed by atoms with van der Waals surface area (Å²) >= 11 is 0. The molecule has 0 amide bonds. The molecule has 0 heterocycles. The number of aromatic hydroxyl groups is 2. The fourth-order valence-electron chi connectivity index (χ4n) is 4.46. The smallest absolute Gasteiger partial charge is 0.142 e. The molecule has 206 valence electrons. The summed E-state index contributed by atoms with van der Waals surface area (Å²) in [5, 5.41) is 29.7. The topological polar surface area (TPSA) is 64.5 Å². The Hall–Kier alpha value is -3.14. The predicted octanol–water partition coefficient (Wildman–Crippen LogP) is 9.77. The van der Waals surface area contributed by atoms with Crippen LogP contribution in [-0.2, 0) is 21.7 Å². The van der Waals surface area contributed by atoms with Gasteiger partial charge in [0.15, 0.2) is 0 Å². The average molecular weight is 517 g/mol. The zero-order chi connectivity index (χ0) is 28.8. The molecule has 4 nitrogen and oxygen atoms in total. The van der Waals surface area contributed by atoms with E-state index in [9.17, 15) is 10.2 Å². The number of hydrogen-bond acceptors (Lipinski definition) is 4. The fraction of sp³-hybridized carbons (Fsp3) is 0.471. The highest BCUT2D eigenvalue weighted by molar-refractivity contribution is 5.82. The monoisotopic (exact) mass is 516 g/mol. The fourth-order valence-corrected chi connectivity index (χ4v) is 4.46. The molecule has 0 bridgehead atoms. The first-order chi connectivity index (χ1) is 17.2. The van der Waals surface area contributed by atoms with Gasteiger partial charge in [-0.25, -0.2) is 0 Å². The molecular formula is C34H48N2O2. The van der Waals surface area contributed by atoms with E-state index in [-0.39, 0.29) is 33.2 Å². The first-order valence-corrected chi connectivity index (χ1v) is 13.6. The molecule has 38 heavy (non-hydrogen) atoms. The molecule has 3 aromatic rings. The predicted molar refractivity (Wildman–Crippen MR) is 164 cm³/mol. The Labute approximate surface area is 230 Å². The van der Waals surface area contributed by atoms with E-state index < -0.39 is 0 Å². The number of phenolic OH excluding ortho intramolecular Hbond substituents is 2. The highest BCUT2D eigenvalue weighted by atomic mass is 16.3. The maximum absolute atomic E-state index is 11.3. The third kappa shape index (κ3) is 6.46. The van der Waals surface area contributed by atoms with Crippen LogP contribution in [0.1, 0.15) is 105 Å². The Morgan fingerprint density at radius 3 is 1.03 bits per heavy atom. The minimum atomic E-state index is -0.220. The quantitative estimate of drug-likeness (QED) is 0.261. The Kier molecular flexibility index (Phi) is 7.64.